The molecule has 29 heavy (non-hydrogen) atoms. The number of hydrogen-bond acceptors (Lipinski definition) is 5. The van der Waals surface area contributed by atoms with Crippen LogP contribution in [0.4, 0.5) is 0 Å². The van der Waals surface area contributed by atoms with Crippen LogP contribution >= 0.6 is 0 Å². The van der Waals surface area contributed by atoms with Crippen LogP contribution in [0.25, 0.3) is 11.5 Å². The summed E-state index contributed by atoms with van der Waals surface area (Å²) in [6.45, 7) is 6.90. The molecule has 1 aromatic heterocycles. The van der Waals surface area contributed by atoms with Gasteiger partial charge >= 0.3 is 0 Å². The van der Waals surface area contributed by atoms with Crippen LogP contribution in [0, 0.1) is 13.8 Å². The SMILES string of the molecule is Cc1ccccc1-c1nc(CC(=O)N2CCN(C(=O)CCN(C)C)CC2)c(C)o1. The van der Waals surface area contributed by atoms with Crippen LogP contribution in [0.2, 0.25) is 0 Å². The number of carbonyl (C=O) groups excluding carboxylic acids is 2. The second kappa shape index (κ2) is 9.22. The summed E-state index contributed by atoms with van der Waals surface area (Å²) in [7, 11) is 3.92. The average molecular weight is 399 g/mol. The minimum Gasteiger partial charge on any atom is -0.441 e. The molecule has 7 heteroatoms. The van der Waals surface area contributed by atoms with Crippen molar-refractivity contribution < 1.29 is 14.0 Å². The molecule has 1 fully saturated rings. The largest absolute Gasteiger partial charge is 0.441 e. The van der Waals surface area contributed by atoms with Gasteiger partial charge in [-0.05, 0) is 39.6 Å². The topological polar surface area (TPSA) is 69.9 Å². The Bertz CT molecular complexity index is 867. The summed E-state index contributed by atoms with van der Waals surface area (Å²) in [6, 6.07) is 7.91. The number of benzene rings is 1. The fraction of sp³-hybridized carbons (Fsp3) is 0.500. The van der Waals surface area contributed by atoms with E-state index in [2.05, 4.69) is 4.98 Å². The number of amides is 2. The first-order chi connectivity index (χ1) is 13.8. The standard InChI is InChI=1S/C22H30N4O3/c1-16-7-5-6-8-18(16)22-23-19(17(2)29-22)15-21(28)26-13-11-25(12-14-26)20(27)9-10-24(3)4/h5-8H,9-15H2,1-4H3. The van der Waals surface area contributed by atoms with E-state index < -0.39 is 0 Å². The van der Waals surface area contributed by atoms with E-state index in [-0.39, 0.29) is 18.2 Å². The molecule has 0 atom stereocenters. The van der Waals surface area contributed by atoms with Crippen molar-refractivity contribution in [1.29, 1.82) is 0 Å². The molecule has 0 N–H and O–H groups in total. The zero-order chi connectivity index (χ0) is 21.0. The molecule has 2 heterocycles. The summed E-state index contributed by atoms with van der Waals surface area (Å²) in [5.74, 6) is 1.41. The number of carbonyl (C=O) groups is 2. The molecule has 3 rings (SSSR count). The second-order valence-electron chi connectivity index (χ2n) is 7.83. The third kappa shape index (κ3) is 5.23. The van der Waals surface area contributed by atoms with E-state index in [0.717, 1.165) is 17.7 Å². The van der Waals surface area contributed by atoms with Crippen LogP contribution < -0.4 is 0 Å². The number of aromatic nitrogens is 1. The van der Waals surface area contributed by atoms with Gasteiger partial charge in [0.15, 0.2) is 0 Å². The Balaban J connectivity index is 1.57. The monoisotopic (exact) mass is 398 g/mol. The molecule has 7 nitrogen and oxygen atoms in total. The van der Waals surface area contributed by atoms with Gasteiger partial charge < -0.3 is 19.1 Å². The van der Waals surface area contributed by atoms with Crippen molar-refractivity contribution in [3.8, 4) is 11.5 Å². The zero-order valence-corrected chi connectivity index (χ0v) is 17.8. The van der Waals surface area contributed by atoms with E-state index in [0.29, 0.717) is 49.9 Å². The third-order valence-electron chi connectivity index (χ3n) is 5.34. The number of nitrogens with zero attached hydrogens (tertiary/aromatic N) is 4. The van der Waals surface area contributed by atoms with E-state index in [9.17, 15) is 9.59 Å². The van der Waals surface area contributed by atoms with Gasteiger partial charge in [-0.2, -0.15) is 0 Å². The molecule has 0 saturated carbocycles. The van der Waals surface area contributed by atoms with Crippen molar-refractivity contribution in [2.45, 2.75) is 26.7 Å². The maximum absolute atomic E-state index is 12.8. The Morgan fingerprint density at radius 2 is 1.66 bits per heavy atom. The highest BCUT2D eigenvalue weighted by Crippen LogP contribution is 2.25. The van der Waals surface area contributed by atoms with Gasteiger partial charge in [-0.15, -0.1) is 0 Å². The highest BCUT2D eigenvalue weighted by Gasteiger charge is 2.25. The van der Waals surface area contributed by atoms with E-state index >= 15 is 0 Å². The van der Waals surface area contributed by atoms with Crippen molar-refractivity contribution in [2.24, 2.45) is 0 Å². The Hall–Kier alpha value is -2.67. The number of oxazole rings is 1. The fourth-order valence-corrected chi connectivity index (χ4v) is 3.46. The Kier molecular flexibility index (Phi) is 6.69. The Morgan fingerprint density at radius 3 is 2.28 bits per heavy atom. The molecule has 2 amide bonds. The summed E-state index contributed by atoms with van der Waals surface area (Å²) >= 11 is 0. The van der Waals surface area contributed by atoms with Gasteiger partial charge in [0.25, 0.3) is 0 Å². The van der Waals surface area contributed by atoms with Crippen LogP contribution in [0.15, 0.2) is 28.7 Å². The predicted molar refractivity (Wildman–Crippen MR) is 111 cm³/mol. The lowest BCUT2D eigenvalue weighted by Crippen LogP contribution is -2.51. The van der Waals surface area contributed by atoms with Gasteiger partial charge in [-0.1, -0.05) is 18.2 Å². The van der Waals surface area contributed by atoms with Gasteiger partial charge in [0.2, 0.25) is 17.7 Å². The summed E-state index contributed by atoms with van der Waals surface area (Å²) in [4.78, 5) is 35.3. The lowest BCUT2D eigenvalue weighted by Gasteiger charge is -2.35. The maximum atomic E-state index is 12.8. The van der Waals surface area contributed by atoms with Gasteiger partial charge in [0, 0.05) is 44.7 Å². The molecule has 0 bridgehead atoms. The molecule has 1 aliphatic heterocycles. The predicted octanol–water partition coefficient (Wildman–Crippen LogP) is 2.12. The van der Waals surface area contributed by atoms with Gasteiger partial charge in [0.1, 0.15) is 5.76 Å². The number of piperazine rings is 1. The van der Waals surface area contributed by atoms with Crippen LogP contribution in [0.3, 0.4) is 0 Å². The molecule has 0 unspecified atom stereocenters. The van der Waals surface area contributed by atoms with Gasteiger partial charge in [0.05, 0.1) is 12.1 Å². The minimum absolute atomic E-state index is 0.0260. The second-order valence-corrected chi connectivity index (χ2v) is 7.83. The summed E-state index contributed by atoms with van der Waals surface area (Å²) in [5, 5.41) is 0. The minimum atomic E-state index is 0.0260. The third-order valence-corrected chi connectivity index (χ3v) is 5.34. The van der Waals surface area contributed by atoms with Crippen molar-refractivity contribution in [2.75, 3.05) is 46.8 Å². The van der Waals surface area contributed by atoms with Crippen LogP contribution in [0.1, 0.15) is 23.4 Å². The van der Waals surface area contributed by atoms with E-state index in [4.69, 9.17) is 4.42 Å². The zero-order valence-electron chi connectivity index (χ0n) is 17.8. The highest BCUT2D eigenvalue weighted by atomic mass is 16.4. The maximum Gasteiger partial charge on any atom is 0.228 e. The summed E-state index contributed by atoms with van der Waals surface area (Å²) in [6.07, 6.45) is 0.733. The molecular formula is C22H30N4O3. The van der Waals surface area contributed by atoms with E-state index in [1.807, 2.05) is 66.9 Å². The Labute approximate surface area is 172 Å². The lowest BCUT2D eigenvalue weighted by molar-refractivity contribution is -0.139. The van der Waals surface area contributed by atoms with Crippen molar-refractivity contribution in [3.63, 3.8) is 0 Å². The fourth-order valence-electron chi connectivity index (χ4n) is 3.46. The summed E-state index contributed by atoms with van der Waals surface area (Å²) < 4.78 is 5.83. The number of rotatable bonds is 6. The first-order valence-electron chi connectivity index (χ1n) is 10.1. The normalized spacial score (nSPS) is 14.5. The van der Waals surface area contributed by atoms with Gasteiger partial charge in [-0.25, -0.2) is 4.98 Å². The van der Waals surface area contributed by atoms with Crippen LogP contribution in [0.5, 0.6) is 0 Å². The molecule has 0 aliphatic carbocycles. The quantitative estimate of drug-likeness (QED) is 0.746. The van der Waals surface area contributed by atoms with Crippen molar-refractivity contribution in [3.05, 3.63) is 41.3 Å². The van der Waals surface area contributed by atoms with Crippen molar-refractivity contribution in [1.82, 2.24) is 19.7 Å². The van der Waals surface area contributed by atoms with Gasteiger partial charge in [-0.3, -0.25) is 9.59 Å². The molecule has 1 saturated heterocycles. The van der Waals surface area contributed by atoms with E-state index in [1.54, 1.807) is 0 Å². The number of aryl methyl sites for hydroxylation is 2. The molecule has 0 spiro atoms. The van der Waals surface area contributed by atoms with Crippen LogP contribution in [-0.2, 0) is 16.0 Å². The molecule has 0 radical (unpaired) electrons. The molecular weight excluding hydrogens is 368 g/mol. The molecule has 1 aromatic carbocycles. The number of hydrogen-bond donors (Lipinski definition) is 0. The van der Waals surface area contributed by atoms with E-state index in [1.165, 1.54) is 0 Å². The molecule has 2 aromatic rings. The average Bonchev–Trinajstić information content (AvgIpc) is 3.06. The highest BCUT2D eigenvalue weighted by molar-refractivity contribution is 5.80. The molecule has 156 valence electrons. The lowest BCUT2D eigenvalue weighted by atomic mass is 10.1. The summed E-state index contributed by atoms with van der Waals surface area (Å²) in [5.41, 5.74) is 2.71. The first kappa shape index (κ1) is 21.0. The van der Waals surface area contributed by atoms with Crippen molar-refractivity contribution >= 4 is 11.8 Å². The first-order valence-corrected chi connectivity index (χ1v) is 10.1. The molecule has 1 aliphatic rings. The smallest absolute Gasteiger partial charge is 0.228 e. The van der Waals surface area contributed by atoms with Crippen LogP contribution in [-0.4, -0.2) is 78.3 Å². The Morgan fingerprint density at radius 1 is 1.03 bits per heavy atom.